The second-order valence-electron chi connectivity index (χ2n) is 7.30. The maximum Gasteiger partial charge on any atom is 0.321 e. The number of ether oxygens (including phenoxy) is 1. The molecule has 0 bridgehead atoms. The predicted molar refractivity (Wildman–Crippen MR) is 124 cm³/mol. The predicted octanol–water partition coefficient (Wildman–Crippen LogP) is 4.67. The zero-order valence-electron chi connectivity index (χ0n) is 17.3. The molecular weight excluding hydrogens is 396 g/mol. The van der Waals surface area contributed by atoms with Crippen LogP contribution in [0.4, 0.5) is 10.5 Å². The maximum absolute atomic E-state index is 12.7. The lowest BCUT2D eigenvalue weighted by Crippen LogP contribution is -2.46. The molecule has 0 saturated carbocycles. The van der Waals surface area contributed by atoms with E-state index in [4.69, 9.17) is 14.7 Å². The van der Waals surface area contributed by atoms with Crippen LogP contribution in [0.3, 0.4) is 0 Å². The molecule has 1 saturated heterocycles. The van der Waals surface area contributed by atoms with E-state index in [1.54, 1.807) is 11.8 Å². The normalized spacial score (nSPS) is 17.5. The highest BCUT2D eigenvalue weighted by Crippen LogP contribution is 2.35. The number of thioether (sulfide) groups is 1. The molecule has 1 fully saturated rings. The number of carbonyl (C=O) groups is 1. The molecule has 0 radical (unpaired) electrons. The molecule has 1 N–H and O–H groups in total. The van der Waals surface area contributed by atoms with Crippen LogP contribution in [0, 0.1) is 0 Å². The molecule has 2 heterocycles. The zero-order chi connectivity index (χ0) is 21.0. The molecule has 156 valence electrons. The van der Waals surface area contributed by atoms with E-state index in [-0.39, 0.29) is 6.03 Å². The Balaban J connectivity index is 1.40. The molecule has 2 aliphatic rings. The molecule has 30 heavy (non-hydrogen) atoms. The molecule has 0 atom stereocenters. The van der Waals surface area contributed by atoms with Crippen LogP contribution in [0.25, 0.3) is 0 Å². The number of anilines is 1. The van der Waals surface area contributed by atoms with E-state index in [9.17, 15) is 4.79 Å². The third-order valence-electron chi connectivity index (χ3n) is 5.34. The van der Waals surface area contributed by atoms with Gasteiger partial charge in [0.2, 0.25) is 0 Å². The van der Waals surface area contributed by atoms with Gasteiger partial charge in [-0.25, -0.2) is 9.79 Å². The molecule has 1 spiro atoms. The Bertz CT molecular complexity index is 949. The molecule has 0 aromatic heterocycles. The molecule has 0 aliphatic carbocycles. The molecule has 2 aromatic carbocycles. The fraction of sp³-hybridized carbons (Fsp3) is 0.348. The van der Waals surface area contributed by atoms with E-state index in [1.807, 2.05) is 60.5 Å². The van der Waals surface area contributed by atoms with E-state index in [2.05, 4.69) is 17.4 Å². The van der Waals surface area contributed by atoms with Gasteiger partial charge < -0.3 is 15.0 Å². The number of likely N-dealkylation sites (tertiary alicyclic amines) is 1. The standard InChI is InChI=1S/C23H26N4O2S/c1-3-29-19-11-9-18(10-12-19)24-22(28)27-15-13-23(14-16-27)25-20(21(26-23)30-2)17-7-5-4-6-8-17/h4-12H,3,13-16H2,1-2H3,(H,24,28). The number of piperidine rings is 1. The first-order chi connectivity index (χ1) is 14.6. The number of hydrogen-bond acceptors (Lipinski definition) is 5. The van der Waals surface area contributed by atoms with Gasteiger partial charge in [0.05, 0.1) is 12.3 Å². The summed E-state index contributed by atoms with van der Waals surface area (Å²) in [5.41, 5.74) is 2.38. The molecule has 6 nitrogen and oxygen atoms in total. The first-order valence-electron chi connectivity index (χ1n) is 10.2. The summed E-state index contributed by atoms with van der Waals surface area (Å²) in [7, 11) is 0. The summed E-state index contributed by atoms with van der Waals surface area (Å²) in [6.07, 6.45) is 3.49. The summed E-state index contributed by atoms with van der Waals surface area (Å²) in [5, 5.41) is 3.95. The number of nitrogens with one attached hydrogen (secondary N) is 1. The van der Waals surface area contributed by atoms with E-state index in [0.717, 1.165) is 40.6 Å². The van der Waals surface area contributed by atoms with Crippen LogP contribution in [0.1, 0.15) is 25.3 Å². The Morgan fingerprint density at radius 2 is 1.80 bits per heavy atom. The zero-order valence-corrected chi connectivity index (χ0v) is 18.1. The van der Waals surface area contributed by atoms with E-state index < -0.39 is 5.66 Å². The van der Waals surface area contributed by atoms with Gasteiger partial charge in [-0.05, 0) is 37.4 Å². The Labute approximate surface area is 181 Å². The number of carbonyl (C=O) groups excluding carboxylic acids is 1. The topological polar surface area (TPSA) is 66.3 Å². The monoisotopic (exact) mass is 422 g/mol. The second kappa shape index (κ2) is 8.92. The number of hydrogen-bond donors (Lipinski definition) is 1. The van der Waals surface area contributed by atoms with Gasteiger partial charge in [-0.1, -0.05) is 30.3 Å². The average molecular weight is 423 g/mol. The van der Waals surface area contributed by atoms with Crippen LogP contribution in [0.2, 0.25) is 0 Å². The molecule has 2 aliphatic heterocycles. The van der Waals surface area contributed by atoms with Crippen molar-refractivity contribution < 1.29 is 9.53 Å². The van der Waals surface area contributed by atoms with Crippen molar-refractivity contribution in [1.82, 2.24) is 4.90 Å². The van der Waals surface area contributed by atoms with Gasteiger partial charge in [-0.2, -0.15) is 0 Å². The summed E-state index contributed by atoms with van der Waals surface area (Å²) in [4.78, 5) is 24.5. The maximum atomic E-state index is 12.7. The molecule has 2 amide bonds. The van der Waals surface area contributed by atoms with Crippen molar-refractivity contribution in [3.05, 3.63) is 60.2 Å². The highest BCUT2D eigenvalue weighted by molar-refractivity contribution is 8.15. The van der Waals surface area contributed by atoms with Gasteiger partial charge in [0.15, 0.2) is 5.66 Å². The van der Waals surface area contributed by atoms with Crippen LogP contribution >= 0.6 is 11.8 Å². The fourth-order valence-electron chi connectivity index (χ4n) is 3.74. The first-order valence-corrected chi connectivity index (χ1v) is 11.4. The highest BCUT2D eigenvalue weighted by atomic mass is 32.2. The van der Waals surface area contributed by atoms with Crippen LogP contribution in [0.5, 0.6) is 5.75 Å². The SMILES string of the molecule is CCOc1ccc(NC(=O)N2CCC3(CC2)N=C(SC)C(c2ccccc2)=N3)cc1. The highest BCUT2D eigenvalue weighted by Gasteiger charge is 2.40. The number of amides is 2. The minimum Gasteiger partial charge on any atom is -0.494 e. The average Bonchev–Trinajstić information content (AvgIpc) is 3.14. The number of urea groups is 1. The van der Waals surface area contributed by atoms with Crippen molar-refractivity contribution in [1.29, 1.82) is 0 Å². The Morgan fingerprint density at radius 1 is 1.10 bits per heavy atom. The largest absolute Gasteiger partial charge is 0.494 e. The lowest BCUT2D eigenvalue weighted by Gasteiger charge is -2.35. The van der Waals surface area contributed by atoms with Crippen LogP contribution < -0.4 is 10.1 Å². The number of rotatable bonds is 4. The van der Waals surface area contributed by atoms with Crippen molar-refractivity contribution >= 4 is 34.2 Å². The van der Waals surface area contributed by atoms with Crippen molar-refractivity contribution in [2.75, 3.05) is 31.3 Å². The lowest BCUT2D eigenvalue weighted by atomic mass is 9.98. The fourth-order valence-corrected chi connectivity index (χ4v) is 4.36. The molecule has 4 rings (SSSR count). The third kappa shape index (κ3) is 4.36. The van der Waals surface area contributed by atoms with E-state index >= 15 is 0 Å². The van der Waals surface area contributed by atoms with E-state index in [1.165, 1.54) is 0 Å². The van der Waals surface area contributed by atoms with E-state index in [0.29, 0.717) is 19.7 Å². The molecule has 2 aromatic rings. The molecule has 7 heteroatoms. The van der Waals surface area contributed by atoms with Crippen molar-refractivity contribution in [2.24, 2.45) is 9.98 Å². The van der Waals surface area contributed by atoms with Crippen molar-refractivity contribution in [3.8, 4) is 5.75 Å². The van der Waals surface area contributed by atoms with Gasteiger partial charge in [-0.3, -0.25) is 4.99 Å². The summed E-state index contributed by atoms with van der Waals surface area (Å²) >= 11 is 1.63. The Morgan fingerprint density at radius 3 is 2.43 bits per heavy atom. The lowest BCUT2D eigenvalue weighted by molar-refractivity contribution is 0.175. The van der Waals surface area contributed by atoms with Crippen LogP contribution in [0.15, 0.2) is 64.6 Å². The third-order valence-corrected chi connectivity index (χ3v) is 6.01. The quantitative estimate of drug-likeness (QED) is 0.778. The van der Waals surface area contributed by atoms with Gasteiger partial charge >= 0.3 is 6.03 Å². The Hall–Kier alpha value is -2.80. The van der Waals surface area contributed by atoms with Gasteiger partial charge in [-0.15, -0.1) is 11.8 Å². The minimum atomic E-state index is -0.445. The summed E-state index contributed by atoms with van der Waals surface area (Å²) in [5.74, 6) is 0.797. The minimum absolute atomic E-state index is 0.0895. The van der Waals surface area contributed by atoms with Crippen LogP contribution in [-0.4, -0.2) is 53.3 Å². The Kier molecular flexibility index (Phi) is 6.08. The second-order valence-corrected chi connectivity index (χ2v) is 8.10. The summed E-state index contributed by atoms with van der Waals surface area (Å²) < 4.78 is 5.44. The van der Waals surface area contributed by atoms with Crippen LogP contribution in [-0.2, 0) is 0 Å². The number of benzene rings is 2. The van der Waals surface area contributed by atoms with Crippen molar-refractivity contribution in [2.45, 2.75) is 25.4 Å². The first kappa shape index (κ1) is 20.5. The molecule has 0 unspecified atom stereocenters. The smallest absolute Gasteiger partial charge is 0.321 e. The van der Waals surface area contributed by atoms with Gasteiger partial charge in [0.25, 0.3) is 0 Å². The number of aliphatic imine (C=N–C) groups is 2. The van der Waals surface area contributed by atoms with Gasteiger partial charge in [0, 0.05) is 37.2 Å². The summed E-state index contributed by atoms with van der Waals surface area (Å²) in [6, 6.07) is 17.5. The summed E-state index contributed by atoms with van der Waals surface area (Å²) in [6.45, 7) is 3.82. The number of nitrogens with zero attached hydrogens (tertiary/aromatic N) is 3. The van der Waals surface area contributed by atoms with Gasteiger partial charge in [0.1, 0.15) is 10.8 Å². The van der Waals surface area contributed by atoms with Crippen molar-refractivity contribution in [3.63, 3.8) is 0 Å². The molecular formula is C23H26N4O2S.